The van der Waals surface area contributed by atoms with Crippen molar-refractivity contribution in [2.75, 3.05) is 10.7 Å². The number of carbonyl (C=O) groups is 2. The second-order valence-electron chi connectivity index (χ2n) is 6.61. The van der Waals surface area contributed by atoms with Crippen LogP contribution in [0.25, 0.3) is 10.8 Å². The molecule has 3 amide bonds. The molecule has 2 aliphatic heterocycles. The number of halogens is 1. The number of amides is 3. The summed E-state index contributed by atoms with van der Waals surface area (Å²) in [6.07, 6.45) is 0. The summed E-state index contributed by atoms with van der Waals surface area (Å²) in [4.78, 5) is 29.4. The van der Waals surface area contributed by atoms with Crippen molar-refractivity contribution in [1.29, 1.82) is 0 Å². The van der Waals surface area contributed by atoms with Gasteiger partial charge in [0, 0.05) is 16.2 Å². The minimum Gasteiger partial charge on any atom is -0.295 e. The number of imide groups is 1. The van der Waals surface area contributed by atoms with Crippen LogP contribution in [0.4, 0.5) is 10.5 Å². The zero-order valence-electron chi connectivity index (χ0n) is 14.2. The molecule has 0 aliphatic carbocycles. The van der Waals surface area contributed by atoms with Crippen LogP contribution in [0, 0.1) is 0 Å². The summed E-state index contributed by atoms with van der Waals surface area (Å²) >= 11 is 7.61. The Morgan fingerprint density at radius 2 is 1.67 bits per heavy atom. The van der Waals surface area contributed by atoms with E-state index in [4.69, 9.17) is 11.6 Å². The minimum atomic E-state index is -0.429. The van der Waals surface area contributed by atoms with Crippen LogP contribution in [0.2, 0.25) is 5.02 Å². The van der Waals surface area contributed by atoms with E-state index in [1.807, 2.05) is 66.7 Å². The molecule has 2 aliphatic rings. The van der Waals surface area contributed by atoms with Gasteiger partial charge < -0.3 is 0 Å². The summed E-state index contributed by atoms with van der Waals surface area (Å²) < 4.78 is 0. The van der Waals surface area contributed by atoms with Gasteiger partial charge in [-0.05, 0) is 29.1 Å². The number of fused-ring (bicyclic) bond motifs is 2. The first kappa shape index (κ1) is 16.7. The highest BCUT2D eigenvalue weighted by molar-refractivity contribution is 7.99. The van der Waals surface area contributed by atoms with Crippen LogP contribution in [0.15, 0.2) is 66.7 Å². The van der Waals surface area contributed by atoms with Crippen molar-refractivity contribution in [3.05, 3.63) is 77.3 Å². The third-order valence-electron chi connectivity index (χ3n) is 5.08. The van der Waals surface area contributed by atoms with E-state index in [1.54, 1.807) is 16.7 Å². The van der Waals surface area contributed by atoms with Gasteiger partial charge in [-0.3, -0.25) is 9.69 Å². The van der Waals surface area contributed by atoms with Crippen LogP contribution in [0.1, 0.15) is 10.9 Å². The number of urea groups is 1. The first-order chi connectivity index (χ1) is 13.1. The first-order valence-electron chi connectivity index (χ1n) is 8.66. The molecule has 0 N–H and O–H groups in total. The molecule has 0 radical (unpaired) electrons. The summed E-state index contributed by atoms with van der Waals surface area (Å²) in [5, 5.41) is 2.38. The van der Waals surface area contributed by atoms with E-state index < -0.39 is 6.04 Å². The van der Waals surface area contributed by atoms with Gasteiger partial charge in [-0.25, -0.2) is 9.69 Å². The fourth-order valence-electron chi connectivity index (χ4n) is 3.80. The van der Waals surface area contributed by atoms with Crippen LogP contribution in [0.3, 0.4) is 0 Å². The van der Waals surface area contributed by atoms with Crippen LogP contribution in [0.5, 0.6) is 0 Å². The fourth-order valence-corrected chi connectivity index (χ4v) is 5.34. The van der Waals surface area contributed by atoms with E-state index in [-0.39, 0.29) is 17.3 Å². The summed E-state index contributed by atoms with van der Waals surface area (Å²) in [5.41, 5.74) is 1.63. The molecule has 2 fully saturated rings. The van der Waals surface area contributed by atoms with Crippen molar-refractivity contribution < 1.29 is 9.59 Å². The second kappa shape index (κ2) is 6.29. The Hall–Kier alpha value is -2.50. The summed E-state index contributed by atoms with van der Waals surface area (Å²) in [6, 6.07) is 20.3. The molecule has 134 valence electrons. The van der Waals surface area contributed by atoms with E-state index in [2.05, 4.69) is 0 Å². The Morgan fingerprint density at radius 3 is 2.48 bits per heavy atom. The molecule has 0 aromatic heterocycles. The maximum absolute atomic E-state index is 13.3. The number of hydrogen-bond acceptors (Lipinski definition) is 3. The number of carbonyl (C=O) groups excluding carboxylic acids is 2. The molecule has 5 rings (SSSR count). The SMILES string of the molecule is O=C1[C@H]2CS[C@H](c3ccc(Cl)cc3)N2C(=O)N1c1cccc2ccccc12. The molecule has 3 aromatic rings. The van der Waals surface area contributed by atoms with Gasteiger partial charge in [0.2, 0.25) is 0 Å². The lowest BCUT2D eigenvalue weighted by Crippen LogP contribution is -2.34. The molecule has 0 unspecified atom stereocenters. The molecule has 0 bridgehead atoms. The molecular formula is C21H15ClN2O2S. The third kappa shape index (κ3) is 2.53. The maximum atomic E-state index is 13.3. The number of benzene rings is 3. The summed E-state index contributed by atoms with van der Waals surface area (Å²) in [6.45, 7) is 0. The van der Waals surface area contributed by atoms with Gasteiger partial charge in [-0.15, -0.1) is 11.8 Å². The zero-order valence-corrected chi connectivity index (χ0v) is 15.8. The summed E-state index contributed by atoms with van der Waals surface area (Å²) in [7, 11) is 0. The lowest BCUT2D eigenvalue weighted by Gasteiger charge is -2.23. The van der Waals surface area contributed by atoms with Gasteiger partial charge in [0.05, 0.1) is 5.69 Å². The van der Waals surface area contributed by atoms with Crippen molar-refractivity contribution >= 4 is 51.8 Å². The fraction of sp³-hybridized carbons (Fsp3) is 0.143. The number of anilines is 1. The average Bonchev–Trinajstić information content (AvgIpc) is 3.23. The zero-order chi connectivity index (χ0) is 18.5. The quantitative estimate of drug-likeness (QED) is 0.569. The Kier molecular flexibility index (Phi) is 3.88. The van der Waals surface area contributed by atoms with Crippen molar-refractivity contribution in [3.63, 3.8) is 0 Å². The van der Waals surface area contributed by atoms with Crippen molar-refractivity contribution in [3.8, 4) is 0 Å². The van der Waals surface area contributed by atoms with Gasteiger partial charge in [0.25, 0.3) is 5.91 Å². The van der Waals surface area contributed by atoms with Crippen molar-refractivity contribution in [2.24, 2.45) is 0 Å². The van der Waals surface area contributed by atoms with E-state index in [9.17, 15) is 9.59 Å². The summed E-state index contributed by atoms with van der Waals surface area (Å²) in [5.74, 6) is 0.444. The maximum Gasteiger partial charge on any atom is 0.333 e. The monoisotopic (exact) mass is 394 g/mol. The highest BCUT2D eigenvalue weighted by atomic mass is 35.5. The Morgan fingerprint density at radius 1 is 0.926 bits per heavy atom. The van der Waals surface area contributed by atoms with Gasteiger partial charge in [0.1, 0.15) is 11.4 Å². The van der Waals surface area contributed by atoms with Gasteiger partial charge in [0.15, 0.2) is 0 Å². The van der Waals surface area contributed by atoms with Gasteiger partial charge >= 0.3 is 6.03 Å². The molecule has 4 nitrogen and oxygen atoms in total. The van der Waals surface area contributed by atoms with Gasteiger partial charge in [-0.2, -0.15) is 0 Å². The molecule has 2 heterocycles. The molecule has 0 spiro atoms. The largest absolute Gasteiger partial charge is 0.333 e. The number of rotatable bonds is 2. The van der Waals surface area contributed by atoms with Crippen LogP contribution in [-0.2, 0) is 4.79 Å². The standard InChI is InChI=1S/C21H15ClN2O2S/c22-15-10-8-14(9-11-15)20-24-18(12-27-20)19(25)23(21(24)26)17-7-3-5-13-4-1-2-6-16(13)17/h1-11,18,20H,12H2/t18-,20-/m1/s1. The predicted octanol–water partition coefficient (Wildman–Crippen LogP) is 5.08. The third-order valence-corrected chi connectivity index (χ3v) is 6.66. The number of thioether (sulfide) groups is 1. The molecule has 0 saturated carbocycles. The van der Waals surface area contributed by atoms with Crippen LogP contribution < -0.4 is 4.90 Å². The van der Waals surface area contributed by atoms with Gasteiger partial charge in [-0.1, -0.05) is 60.1 Å². The molecule has 2 atom stereocenters. The lowest BCUT2D eigenvalue weighted by molar-refractivity contribution is -0.119. The topological polar surface area (TPSA) is 40.6 Å². The van der Waals surface area contributed by atoms with E-state index in [1.165, 1.54) is 4.90 Å². The molecule has 27 heavy (non-hydrogen) atoms. The van der Waals surface area contributed by atoms with Crippen LogP contribution in [-0.4, -0.2) is 28.6 Å². The van der Waals surface area contributed by atoms with Crippen molar-refractivity contribution in [2.45, 2.75) is 11.4 Å². The van der Waals surface area contributed by atoms with Crippen molar-refractivity contribution in [1.82, 2.24) is 4.90 Å². The number of nitrogens with zero attached hydrogens (tertiary/aromatic N) is 2. The van der Waals surface area contributed by atoms with Crippen LogP contribution >= 0.6 is 23.4 Å². The highest BCUT2D eigenvalue weighted by Gasteiger charge is 2.53. The number of hydrogen-bond donors (Lipinski definition) is 0. The normalized spacial score (nSPS) is 22.0. The Balaban J connectivity index is 1.56. The molecule has 2 saturated heterocycles. The molecule has 3 aromatic carbocycles. The first-order valence-corrected chi connectivity index (χ1v) is 10.1. The van der Waals surface area contributed by atoms with E-state index in [0.29, 0.717) is 16.5 Å². The van der Waals surface area contributed by atoms with E-state index >= 15 is 0 Å². The van der Waals surface area contributed by atoms with E-state index in [0.717, 1.165) is 16.3 Å². The smallest absolute Gasteiger partial charge is 0.295 e. The average molecular weight is 395 g/mol. The minimum absolute atomic E-state index is 0.152. The lowest BCUT2D eigenvalue weighted by atomic mass is 10.1. The Labute approximate surface area is 165 Å². The second-order valence-corrected chi connectivity index (χ2v) is 8.16. The highest BCUT2D eigenvalue weighted by Crippen LogP contribution is 2.46. The Bertz CT molecular complexity index is 1060. The predicted molar refractivity (Wildman–Crippen MR) is 109 cm³/mol. The molecule has 6 heteroatoms. The molecular weight excluding hydrogens is 380 g/mol.